The number of likely N-dealkylation sites (tertiary alicyclic amines) is 1. The number of benzene rings is 2. The van der Waals surface area contributed by atoms with Crippen LogP contribution in [0.1, 0.15) is 43.1 Å². The minimum atomic E-state index is -3.72. The minimum absolute atomic E-state index is 0.0264. The lowest BCUT2D eigenvalue weighted by Gasteiger charge is -2.36. The van der Waals surface area contributed by atoms with Crippen LogP contribution >= 0.6 is 0 Å². The van der Waals surface area contributed by atoms with E-state index in [0.717, 1.165) is 25.2 Å². The number of nitrogens with one attached hydrogen (secondary N) is 2. The van der Waals surface area contributed by atoms with Gasteiger partial charge in [0, 0.05) is 37.8 Å². The number of amides is 1. The highest BCUT2D eigenvalue weighted by Gasteiger charge is 2.23. The molecule has 3 atom stereocenters. The molecule has 2 aromatic carbocycles. The van der Waals surface area contributed by atoms with Gasteiger partial charge >= 0.3 is 0 Å². The van der Waals surface area contributed by atoms with Gasteiger partial charge in [-0.15, -0.1) is 0 Å². The summed E-state index contributed by atoms with van der Waals surface area (Å²) in [5.74, 6) is 1.07. The fraction of sp³-hybridized carbons (Fsp3) is 0.458. The SMILES string of the molecule is CC1CC(C)CN(CC(C)NC(=O)c2cccc(S(=O)(=O)NCc3ccccc3)c2)C1. The molecule has 3 rings (SSSR count). The summed E-state index contributed by atoms with van der Waals surface area (Å²) >= 11 is 0. The maximum Gasteiger partial charge on any atom is 0.251 e. The van der Waals surface area contributed by atoms with E-state index < -0.39 is 10.0 Å². The minimum Gasteiger partial charge on any atom is -0.348 e. The van der Waals surface area contributed by atoms with E-state index >= 15 is 0 Å². The van der Waals surface area contributed by atoms with E-state index in [1.165, 1.54) is 18.6 Å². The van der Waals surface area contributed by atoms with Crippen LogP contribution in [0.4, 0.5) is 0 Å². The molecule has 6 nitrogen and oxygen atoms in total. The van der Waals surface area contributed by atoms with Crippen molar-refractivity contribution in [3.8, 4) is 0 Å². The van der Waals surface area contributed by atoms with Crippen LogP contribution in [0.25, 0.3) is 0 Å². The molecule has 7 heteroatoms. The molecule has 1 aliphatic rings. The Balaban J connectivity index is 1.60. The van der Waals surface area contributed by atoms with Crippen molar-refractivity contribution in [2.75, 3.05) is 19.6 Å². The molecule has 2 N–H and O–H groups in total. The Kier molecular flexibility index (Phi) is 7.86. The third-order valence-corrected chi connectivity index (χ3v) is 6.97. The van der Waals surface area contributed by atoms with Gasteiger partial charge in [0.15, 0.2) is 0 Å². The first-order chi connectivity index (χ1) is 14.7. The normalized spacial score (nSPS) is 20.9. The second-order valence-corrected chi connectivity index (χ2v) is 10.6. The van der Waals surface area contributed by atoms with Gasteiger partial charge in [0.2, 0.25) is 10.0 Å². The topological polar surface area (TPSA) is 78.5 Å². The Bertz CT molecular complexity index is 969. The fourth-order valence-electron chi connectivity index (χ4n) is 4.34. The summed E-state index contributed by atoms with van der Waals surface area (Å²) in [6.07, 6.45) is 1.25. The summed E-state index contributed by atoms with van der Waals surface area (Å²) < 4.78 is 27.9. The third kappa shape index (κ3) is 6.89. The number of carbonyl (C=O) groups excluding carboxylic acids is 1. The zero-order chi connectivity index (χ0) is 22.4. The summed E-state index contributed by atoms with van der Waals surface area (Å²) in [6.45, 7) is 9.61. The maximum absolute atomic E-state index is 12.7. The van der Waals surface area contributed by atoms with Gasteiger partial charge in [0.05, 0.1) is 4.90 Å². The molecule has 0 radical (unpaired) electrons. The lowest BCUT2D eigenvalue weighted by Crippen LogP contribution is -2.47. The van der Waals surface area contributed by atoms with Gasteiger partial charge in [-0.05, 0) is 48.9 Å². The lowest BCUT2D eigenvalue weighted by molar-refractivity contribution is 0.0904. The number of nitrogens with zero attached hydrogens (tertiary/aromatic N) is 1. The molecule has 168 valence electrons. The zero-order valence-electron chi connectivity index (χ0n) is 18.5. The standard InChI is InChI=1S/C24H33N3O3S/c1-18-12-19(2)16-27(15-18)17-20(3)26-24(28)22-10-7-11-23(13-22)31(29,30)25-14-21-8-5-4-6-9-21/h4-11,13,18-20,25H,12,14-17H2,1-3H3,(H,26,28). The van der Waals surface area contributed by atoms with E-state index in [-0.39, 0.29) is 23.4 Å². The summed E-state index contributed by atoms with van der Waals surface area (Å²) in [7, 11) is -3.72. The number of sulfonamides is 1. The van der Waals surface area contributed by atoms with Crippen LogP contribution in [0.15, 0.2) is 59.5 Å². The fourth-order valence-corrected chi connectivity index (χ4v) is 5.41. The molecule has 0 aliphatic carbocycles. The smallest absolute Gasteiger partial charge is 0.251 e. The molecule has 1 fully saturated rings. The summed E-state index contributed by atoms with van der Waals surface area (Å²) in [6, 6.07) is 15.5. The molecular weight excluding hydrogens is 410 g/mol. The maximum atomic E-state index is 12.7. The number of rotatable bonds is 8. The predicted octanol–water partition coefficient (Wildman–Crippen LogP) is 3.26. The van der Waals surface area contributed by atoms with Gasteiger partial charge in [-0.25, -0.2) is 13.1 Å². The van der Waals surface area contributed by atoms with E-state index in [9.17, 15) is 13.2 Å². The first-order valence-corrected chi connectivity index (χ1v) is 12.4. The zero-order valence-corrected chi connectivity index (χ0v) is 19.4. The van der Waals surface area contributed by atoms with Crippen molar-refractivity contribution in [1.29, 1.82) is 0 Å². The molecule has 1 heterocycles. The average Bonchev–Trinajstić information content (AvgIpc) is 2.72. The number of hydrogen-bond donors (Lipinski definition) is 2. The van der Waals surface area contributed by atoms with Crippen molar-refractivity contribution >= 4 is 15.9 Å². The molecular formula is C24H33N3O3S. The number of carbonyl (C=O) groups is 1. The van der Waals surface area contributed by atoms with Crippen LogP contribution in [0, 0.1) is 11.8 Å². The van der Waals surface area contributed by atoms with Gasteiger partial charge in [0.25, 0.3) is 5.91 Å². The van der Waals surface area contributed by atoms with E-state index in [1.54, 1.807) is 12.1 Å². The van der Waals surface area contributed by atoms with E-state index in [4.69, 9.17) is 0 Å². The Hall–Kier alpha value is -2.22. The number of hydrogen-bond acceptors (Lipinski definition) is 4. The first-order valence-electron chi connectivity index (χ1n) is 10.9. The molecule has 0 aromatic heterocycles. The molecule has 1 saturated heterocycles. The summed E-state index contributed by atoms with van der Waals surface area (Å²) in [5, 5.41) is 3.01. The van der Waals surface area contributed by atoms with Crippen molar-refractivity contribution in [3.05, 3.63) is 65.7 Å². The molecule has 0 saturated carbocycles. The third-order valence-electron chi connectivity index (χ3n) is 5.57. The van der Waals surface area contributed by atoms with Crippen LogP contribution in [0.3, 0.4) is 0 Å². The van der Waals surface area contributed by atoms with Gasteiger partial charge in [-0.1, -0.05) is 50.2 Å². The van der Waals surface area contributed by atoms with Crippen molar-refractivity contribution in [1.82, 2.24) is 14.9 Å². The highest BCUT2D eigenvalue weighted by molar-refractivity contribution is 7.89. The second kappa shape index (κ2) is 10.4. The van der Waals surface area contributed by atoms with E-state index in [2.05, 4.69) is 28.8 Å². The van der Waals surface area contributed by atoms with Crippen molar-refractivity contribution in [2.24, 2.45) is 11.8 Å². The van der Waals surface area contributed by atoms with Gasteiger partial charge in [-0.3, -0.25) is 4.79 Å². The van der Waals surface area contributed by atoms with Gasteiger partial charge in [-0.2, -0.15) is 0 Å². The van der Waals surface area contributed by atoms with Crippen molar-refractivity contribution in [2.45, 2.75) is 44.7 Å². The largest absolute Gasteiger partial charge is 0.348 e. The highest BCUT2D eigenvalue weighted by atomic mass is 32.2. The monoisotopic (exact) mass is 443 g/mol. The van der Waals surface area contributed by atoms with Crippen LogP contribution in [-0.4, -0.2) is 44.9 Å². The first kappa shape index (κ1) is 23.4. The Labute approximate surface area is 186 Å². The highest BCUT2D eigenvalue weighted by Crippen LogP contribution is 2.21. The van der Waals surface area contributed by atoms with Crippen molar-refractivity contribution in [3.63, 3.8) is 0 Å². The molecule has 0 bridgehead atoms. The van der Waals surface area contributed by atoms with Crippen LogP contribution in [-0.2, 0) is 16.6 Å². The molecule has 31 heavy (non-hydrogen) atoms. The lowest BCUT2D eigenvalue weighted by atomic mass is 9.92. The summed E-state index contributed by atoms with van der Waals surface area (Å²) in [4.78, 5) is 15.2. The molecule has 1 aliphatic heterocycles. The second-order valence-electron chi connectivity index (χ2n) is 8.88. The molecule has 3 unspecified atom stereocenters. The molecule has 1 amide bonds. The van der Waals surface area contributed by atoms with E-state index in [1.807, 2.05) is 37.3 Å². The van der Waals surface area contributed by atoms with Crippen LogP contribution in [0.2, 0.25) is 0 Å². The van der Waals surface area contributed by atoms with Crippen molar-refractivity contribution < 1.29 is 13.2 Å². The van der Waals surface area contributed by atoms with Crippen LogP contribution < -0.4 is 10.0 Å². The Morgan fingerprint density at radius 2 is 1.74 bits per heavy atom. The van der Waals surface area contributed by atoms with Gasteiger partial charge < -0.3 is 10.2 Å². The quantitative estimate of drug-likeness (QED) is 0.656. The predicted molar refractivity (Wildman–Crippen MR) is 123 cm³/mol. The van der Waals surface area contributed by atoms with Crippen LogP contribution in [0.5, 0.6) is 0 Å². The number of piperidine rings is 1. The Morgan fingerprint density at radius 3 is 2.42 bits per heavy atom. The van der Waals surface area contributed by atoms with E-state index in [0.29, 0.717) is 17.4 Å². The molecule has 2 aromatic rings. The Morgan fingerprint density at radius 1 is 1.06 bits per heavy atom. The van der Waals surface area contributed by atoms with Gasteiger partial charge in [0.1, 0.15) is 0 Å². The molecule has 0 spiro atoms. The summed E-state index contributed by atoms with van der Waals surface area (Å²) in [5.41, 5.74) is 1.21. The average molecular weight is 444 g/mol.